The molecule has 0 unspecified atom stereocenters. The molecule has 0 aromatic carbocycles. The van der Waals surface area contributed by atoms with Gasteiger partial charge in [0, 0.05) is 10.7 Å². The fourth-order valence-electron chi connectivity index (χ4n) is 0.511. The Hall–Kier alpha value is -0.990. The van der Waals surface area contributed by atoms with Crippen LogP contribution >= 0.6 is 10.7 Å². The molecule has 0 N–H and O–H groups in total. The van der Waals surface area contributed by atoms with Gasteiger partial charge in [-0.25, -0.2) is 8.42 Å². The van der Waals surface area contributed by atoms with E-state index < -0.39 is 14.1 Å². The maximum Gasteiger partial charge on any atom is 0.294 e. The van der Waals surface area contributed by atoms with Crippen molar-refractivity contribution in [2.45, 2.75) is 5.09 Å². The van der Waals surface area contributed by atoms with Crippen molar-refractivity contribution >= 4 is 19.7 Å². The summed E-state index contributed by atoms with van der Waals surface area (Å²) in [4.78, 5) is 0. The van der Waals surface area contributed by atoms with Crippen LogP contribution in [0.4, 0.5) is 0 Å². The Balaban J connectivity index is 3.22. The van der Waals surface area contributed by atoms with Gasteiger partial charge < -0.3 is 4.42 Å². The number of nitriles is 1. The molecule has 4 nitrogen and oxygen atoms in total. The van der Waals surface area contributed by atoms with E-state index in [0.717, 1.165) is 6.07 Å². The molecule has 1 aromatic heterocycles. The summed E-state index contributed by atoms with van der Waals surface area (Å²) in [6.07, 6.45) is 0. The third-order valence-electron chi connectivity index (χ3n) is 0.932. The summed E-state index contributed by atoms with van der Waals surface area (Å²) in [5.41, 5.74) is 0. The molecule has 0 radical (unpaired) electrons. The van der Waals surface area contributed by atoms with Crippen molar-refractivity contribution in [3.05, 3.63) is 17.9 Å². The van der Waals surface area contributed by atoms with Crippen molar-refractivity contribution in [3.63, 3.8) is 0 Å². The van der Waals surface area contributed by atoms with Gasteiger partial charge >= 0.3 is 0 Å². The molecule has 0 atom stereocenters. The number of nitrogens with zero attached hydrogens (tertiary/aromatic N) is 1. The van der Waals surface area contributed by atoms with E-state index in [9.17, 15) is 8.42 Å². The number of halogens is 1. The van der Waals surface area contributed by atoms with Crippen LogP contribution in [-0.4, -0.2) is 8.42 Å². The third kappa shape index (κ3) is 1.73. The van der Waals surface area contributed by atoms with Gasteiger partial charge in [-0.1, -0.05) is 0 Å². The van der Waals surface area contributed by atoms with Crippen LogP contribution in [0, 0.1) is 11.3 Å². The fraction of sp³-hybridized carbons (Fsp3) is 0. The van der Waals surface area contributed by atoms with E-state index >= 15 is 0 Å². The molecule has 1 rings (SSSR count). The first-order valence-corrected chi connectivity index (χ1v) is 4.79. The summed E-state index contributed by atoms with van der Waals surface area (Å²) in [5.74, 6) is -0.0794. The van der Waals surface area contributed by atoms with Gasteiger partial charge in [0.25, 0.3) is 9.05 Å². The largest absolute Gasteiger partial charge is 0.433 e. The lowest BCUT2D eigenvalue weighted by molar-refractivity contribution is 0.445. The fourth-order valence-corrected chi connectivity index (χ4v) is 1.18. The highest BCUT2D eigenvalue weighted by Crippen LogP contribution is 2.16. The van der Waals surface area contributed by atoms with E-state index in [-0.39, 0.29) is 5.76 Å². The summed E-state index contributed by atoms with van der Waals surface area (Å²) < 4.78 is 25.6. The van der Waals surface area contributed by atoms with Gasteiger partial charge in [-0.3, -0.25) is 0 Å². The monoisotopic (exact) mass is 191 g/mol. The Morgan fingerprint density at radius 3 is 2.45 bits per heavy atom. The lowest BCUT2D eigenvalue weighted by atomic mass is 10.5. The highest BCUT2D eigenvalue weighted by Gasteiger charge is 2.14. The Morgan fingerprint density at radius 1 is 1.55 bits per heavy atom. The van der Waals surface area contributed by atoms with Gasteiger partial charge in [0.2, 0.25) is 10.9 Å². The molecule has 0 aliphatic rings. The quantitative estimate of drug-likeness (QED) is 0.623. The Morgan fingerprint density at radius 2 is 2.18 bits per heavy atom. The average Bonchev–Trinajstić information content (AvgIpc) is 2.32. The van der Waals surface area contributed by atoms with E-state index in [1.54, 1.807) is 6.07 Å². The smallest absolute Gasteiger partial charge is 0.294 e. The minimum Gasteiger partial charge on any atom is -0.433 e. The molecular weight excluding hydrogens is 190 g/mol. The zero-order valence-electron chi connectivity index (χ0n) is 5.11. The van der Waals surface area contributed by atoms with Crippen LogP contribution in [0.15, 0.2) is 21.6 Å². The molecule has 0 saturated heterocycles. The van der Waals surface area contributed by atoms with Crippen LogP contribution < -0.4 is 0 Å². The molecule has 6 heteroatoms. The van der Waals surface area contributed by atoms with Crippen LogP contribution in [0.2, 0.25) is 0 Å². The molecule has 58 valence electrons. The topological polar surface area (TPSA) is 71.1 Å². The summed E-state index contributed by atoms with van der Waals surface area (Å²) in [5, 5.41) is 7.83. The number of furan rings is 1. The minimum absolute atomic E-state index is 0.0794. The van der Waals surface area contributed by atoms with Crippen LogP contribution in [-0.2, 0) is 9.05 Å². The number of hydrogen-bond donors (Lipinski definition) is 0. The molecule has 0 bridgehead atoms. The van der Waals surface area contributed by atoms with Crippen molar-refractivity contribution in [2.75, 3.05) is 0 Å². The third-order valence-corrected chi connectivity index (χ3v) is 2.09. The number of rotatable bonds is 1. The second-order valence-corrected chi connectivity index (χ2v) is 4.17. The standard InChI is InChI=1S/C5H2ClNO3S/c6-11(8,9)5-2-1-4(3-7)10-5/h1-2H. The Labute approximate surface area is 67.4 Å². The van der Waals surface area contributed by atoms with Crippen LogP contribution in [0.1, 0.15) is 5.76 Å². The first-order chi connectivity index (χ1) is 5.04. The normalized spacial score (nSPS) is 10.9. The van der Waals surface area contributed by atoms with Gasteiger partial charge in [0.05, 0.1) is 0 Å². The van der Waals surface area contributed by atoms with E-state index in [4.69, 9.17) is 15.9 Å². The summed E-state index contributed by atoms with van der Waals surface area (Å²) >= 11 is 0. The molecule has 11 heavy (non-hydrogen) atoms. The van der Waals surface area contributed by atoms with E-state index in [2.05, 4.69) is 4.42 Å². The zero-order valence-corrected chi connectivity index (χ0v) is 6.69. The van der Waals surface area contributed by atoms with Crippen LogP contribution in [0.5, 0.6) is 0 Å². The molecule has 1 heterocycles. The van der Waals surface area contributed by atoms with E-state index in [1.807, 2.05) is 0 Å². The molecule has 0 amide bonds. The Kier molecular flexibility index (Phi) is 1.89. The molecule has 0 spiro atoms. The van der Waals surface area contributed by atoms with Gasteiger partial charge in [-0.2, -0.15) is 5.26 Å². The minimum atomic E-state index is -3.84. The highest BCUT2D eigenvalue weighted by molar-refractivity contribution is 8.13. The van der Waals surface area contributed by atoms with Crippen molar-refractivity contribution in [1.29, 1.82) is 5.26 Å². The molecule has 1 aromatic rings. The van der Waals surface area contributed by atoms with Crippen molar-refractivity contribution in [1.82, 2.24) is 0 Å². The van der Waals surface area contributed by atoms with Crippen LogP contribution in [0.25, 0.3) is 0 Å². The van der Waals surface area contributed by atoms with Gasteiger partial charge in [-0.15, -0.1) is 0 Å². The molecule has 0 fully saturated rings. The highest BCUT2D eigenvalue weighted by atomic mass is 35.7. The maximum atomic E-state index is 10.5. The van der Waals surface area contributed by atoms with Gasteiger partial charge in [-0.05, 0) is 12.1 Å². The maximum absolute atomic E-state index is 10.5. The van der Waals surface area contributed by atoms with Crippen molar-refractivity contribution < 1.29 is 12.8 Å². The van der Waals surface area contributed by atoms with E-state index in [1.165, 1.54) is 6.07 Å². The lowest BCUT2D eigenvalue weighted by Gasteiger charge is -1.84. The second kappa shape index (κ2) is 2.57. The van der Waals surface area contributed by atoms with Gasteiger partial charge in [0.15, 0.2) is 0 Å². The van der Waals surface area contributed by atoms with Gasteiger partial charge in [0.1, 0.15) is 6.07 Å². The van der Waals surface area contributed by atoms with E-state index in [0.29, 0.717) is 0 Å². The summed E-state index contributed by atoms with van der Waals surface area (Å²) in [6, 6.07) is 3.99. The molecular formula is C5H2ClNO3S. The summed E-state index contributed by atoms with van der Waals surface area (Å²) in [7, 11) is 1.06. The van der Waals surface area contributed by atoms with Crippen LogP contribution in [0.3, 0.4) is 0 Å². The Bertz CT molecular complexity index is 400. The molecule has 0 saturated carbocycles. The first-order valence-electron chi connectivity index (χ1n) is 2.48. The van der Waals surface area contributed by atoms with Crippen molar-refractivity contribution in [2.24, 2.45) is 0 Å². The lowest BCUT2D eigenvalue weighted by Crippen LogP contribution is -1.85. The SMILES string of the molecule is N#Cc1ccc(S(=O)(=O)Cl)o1. The molecule has 0 aliphatic heterocycles. The predicted octanol–water partition coefficient (Wildman–Crippen LogP) is 1.08. The second-order valence-electron chi connectivity index (χ2n) is 1.67. The number of hydrogen-bond acceptors (Lipinski definition) is 4. The van der Waals surface area contributed by atoms with Crippen molar-refractivity contribution in [3.8, 4) is 6.07 Å². The first kappa shape index (κ1) is 8.11. The summed E-state index contributed by atoms with van der Waals surface area (Å²) in [6.45, 7) is 0. The zero-order chi connectivity index (χ0) is 8.48. The molecule has 0 aliphatic carbocycles. The predicted molar refractivity (Wildman–Crippen MR) is 36.5 cm³/mol. The average molecular weight is 192 g/mol.